The van der Waals surface area contributed by atoms with Crippen molar-refractivity contribution in [1.29, 1.82) is 10.5 Å². The van der Waals surface area contributed by atoms with E-state index in [1.54, 1.807) is 0 Å². The third kappa shape index (κ3) is 4.50. The SMILES string of the molecule is N#CC(C#N)=Cc1ccc(OC(F)F)cc1OC(F)F. The van der Waals surface area contributed by atoms with Crippen LogP contribution in [0, 0.1) is 22.7 Å². The number of alkyl halides is 4. The highest BCUT2D eigenvalue weighted by Crippen LogP contribution is 2.29. The largest absolute Gasteiger partial charge is 0.435 e. The van der Waals surface area contributed by atoms with E-state index >= 15 is 0 Å². The van der Waals surface area contributed by atoms with Gasteiger partial charge < -0.3 is 9.47 Å². The molecule has 0 bridgehead atoms. The van der Waals surface area contributed by atoms with Crippen LogP contribution in [0.5, 0.6) is 11.5 Å². The molecule has 0 spiro atoms. The van der Waals surface area contributed by atoms with Crippen LogP contribution in [0.15, 0.2) is 23.8 Å². The molecule has 0 aromatic heterocycles. The van der Waals surface area contributed by atoms with Crippen LogP contribution in [-0.2, 0) is 0 Å². The Morgan fingerprint density at radius 2 is 1.65 bits per heavy atom. The average molecular weight is 286 g/mol. The van der Waals surface area contributed by atoms with E-state index in [0.29, 0.717) is 0 Å². The van der Waals surface area contributed by atoms with Gasteiger partial charge in [-0.2, -0.15) is 28.1 Å². The van der Waals surface area contributed by atoms with Crippen molar-refractivity contribution in [2.45, 2.75) is 13.2 Å². The molecule has 20 heavy (non-hydrogen) atoms. The lowest BCUT2D eigenvalue weighted by Crippen LogP contribution is -2.05. The minimum absolute atomic E-state index is 0.0370. The summed E-state index contributed by atoms with van der Waals surface area (Å²) in [4.78, 5) is 0. The molecule has 1 rings (SSSR count). The number of rotatable bonds is 5. The highest BCUT2D eigenvalue weighted by molar-refractivity contribution is 5.67. The van der Waals surface area contributed by atoms with E-state index < -0.39 is 19.0 Å². The first-order valence-electron chi connectivity index (χ1n) is 5.02. The molecule has 0 N–H and O–H groups in total. The Hall–Kier alpha value is -2.74. The number of nitriles is 2. The molecule has 0 fully saturated rings. The zero-order valence-electron chi connectivity index (χ0n) is 9.69. The normalized spacial score (nSPS) is 9.80. The third-order valence-electron chi connectivity index (χ3n) is 1.97. The molecule has 104 valence electrons. The van der Waals surface area contributed by atoms with Crippen LogP contribution in [0.25, 0.3) is 6.08 Å². The van der Waals surface area contributed by atoms with Gasteiger partial charge in [-0.25, -0.2) is 0 Å². The molecule has 0 aliphatic heterocycles. The molecule has 0 saturated carbocycles. The molecule has 0 radical (unpaired) electrons. The summed E-state index contributed by atoms with van der Waals surface area (Å²) in [6.07, 6.45) is 0.990. The van der Waals surface area contributed by atoms with Crippen LogP contribution >= 0.6 is 0 Å². The van der Waals surface area contributed by atoms with E-state index in [2.05, 4.69) is 9.47 Å². The number of hydrogen-bond donors (Lipinski definition) is 0. The molecule has 0 heterocycles. The van der Waals surface area contributed by atoms with Crippen LogP contribution in [0.2, 0.25) is 0 Å². The van der Waals surface area contributed by atoms with E-state index in [1.807, 2.05) is 0 Å². The van der Waals surface area contributed by atoms with E-state index in [9.17, 15) is 17.6 Å². The Morgan fingerprint density at radius 1 is 1.05 bits per heavy atom. The van der Waals surface area contributed by atoms with Gasteiger partial charge in [0.25, 0.3) is 0 Å². The monoisotopic (exact) mass is 286 g/mol. The van der Waals surface area contributed by atoms with Crippen LogP contribution in [0.4, 0.5) is 17.6 Å². The Kier molecular flexibility index (Phi) is 5.36. The van der Waals surface area contributed by atoms with Crippen molar-refractivity contribution in [2.75, 3.05) is 0 Å². The molecule has 0 saturated heterocycles. The predicted octanol–water partition coefficient (Wildman–Crippen LogP) is 3.32. The van der Waals surface area contributed by atoms with E-state index in [1.165, 1.54) is 12.1 Å². The second kappa shape index (κ2) is 7.00. The minimum Gasteiger partial charge on any atom is -0.435 e. The number of ether oxygens (including phenoxy) is 2. The fourth-order valence-corrected chi connectivity index (χ4v) is 1.25. The summed E-state index contributed by atoms with van der Waals surface area (Å²) < 4.78 is 56.7. The Balaban J connectivity index is 3.20. The predicted molar refractivity (Wildman–Crippen MR) is 58.9 cm³/mol. The first kappa shape index (κ1) is 15.3. The smallest absolute Gasteiger partial charge is 0.387 e. The Morgan fingerprint density at radius 3 is 2.15 bits per heavy atom. The maximum atomic E-state index is 12.2. The summed E-state index contributed by atoms with van der Waals surface area (Å²) in [7, 11) is 0. The molecular weight excluding hydrogens is 280 g/mol. The molecular formula is C12H6F4N2O2. The van der Waals surface area contributed by atoms with Crippen LogP contribution < -0.4 is 9.47 Å². The first-order valence-corrected chi connectivity index (χ1v) is 5.02. The lowest BCUT2D eigenvalue weighted by atomic mass is 10.1. The maximum absolute atomic E-state index is 12.2. The van der Waals surface area contributed by atoms with E-state index in [4.69, 9.17) is 10.5 Å². The summed E-state index contributed by atoms with van der Waals surface area (Å²) in [6.45, 7) is -6.32. The molecule has 0 aliphatic rings. The quantitative estimate of drug-likeness (QED) is 0.615. The zero-order chi connectivity index (χ0) is 15.1. The fraction of sp³-hybridized carbons (Fsp3) is 0.167. The van der Waals surface area contributed by atoms with Gasteiger partial charge >= 0.3 is 13.2 Å². The number of allylic oxidation sites excluding steroid dienone is 1. The number of nitrogens with zero attached hydrogens (tertiary/aromatic N) is 2. The van der Waals surface area contributed by atoms with Crippen molar-refractivity contribution in [3.05, 3.63) is 29.3 Å². The maximum Gasteiger partial charge on any atom is 0.387 e. The van der Waals surface area contributed by atoms with Gasteiger partial charge in [0.2, 0.25) is 0 Å². The van der Waals surface area contributed by atoms with Gasteiger partial charge in [0.1, 0.15) is 29.2 Å². The van der Waals surface area contributed by atoms with Crippen LogP contribution in [-0.4, -0.2) is 13.2 Å². The second-order valence-corrected chi connectivity index (χ2v) is 3.24. The van der Waals surface area contributed by atoms with Crippen molar-refractivity contribution in [3.8, 4) is 23.6 Å². The number of hydrogen-bond acceptors (Lipinski definition) is 4. The van der Waals surface area contributed by atoms with Crippen molar-refractivity contribution in [2.24, 2.45) is 0 Å². The summed E-state index contributed by atoms with van der Waals surface area (Å²) in [6, 6.07) is 6.07. The van der Waals surface area contributed by atoms with Crippen LogP contribution in [0.3, 0.4) is 0 Å². The molecule has 0 atom stereocenters. The van der Waals surface area contributed by atoms with Gasteiger partial charge in [0, 0.05) is 11.6 Å². The van der Waals surface area contributed by atoms with Gasteiger partial charge in [0.05, 0.1) is 0 Å². The third-order valence-corrected chi connectivity index (χ3v) is 1.97. The van der Waals surface area contributed by atoms with E-state index in [0.717, 1.165) is 24.3 Å². The Labute approximate surface area is 111 Å². The molecule has 4 nitrogen and oxygen atoms in total. The van der Waals surface area contributed by atoms with Gasteiger partial charge in [-0.05, 0) is 18.2 Å². The molecule has 8 heteroatoms. The van der Waals surface area contributed by atoms with Gasteiger partial charge in [-0.1, -0.05) is 0 Å². The van der Waals surface area contributed by atoms with Crippen molar-refractivity contribution in [3.63, 3.8) is 0 Å². The van der Waals surface area contributed by atoms with Crippen molar-refractivity contribution >= 4 is 6.08 Å². The molecule has 0 amide bonds. The molecule has 1 aromatic carbocycles. The first-order chi connectivity index (χ1) is 9.46. The molecule has 0 aliphatic carbocycles. The van der Waals surface area contributed by atoms with Crippen molar-refractivity contribution < 1.29 is 27.0 Å². The average Bonchev–Trinajstić information content (AvgIpc) is 2.36. The summed E-state index contributed by atoms with van der Waals surface area (Å²) in [5.41, 5.74) is -0.392. The van der Waals surface area contributed by atoms with E-state index in [-0.39, 0.29) is 16.9 Å². The van der Waals surface area contributed by atoms with Gasteiger partial charge in [0.15, 0.2) is 0 Å². The summed E-state index contributed by atoms with van der Waals surface area (Å²) in [5, 5.41) is 17.2. The number of benzene rings is 1. The molecule has 0 unspecified atom stereocenters. The van der Waals surface area contributed by atoms with Crippen LogP contribution in [0.1, 0.15) is 5.56 Å². The lowest BCUT2D eigenvalue weighted by molar-refractivity contribution is -0.0543. The second-order valence-electron chi connectivity index (χ2n) is 3.24. The summed E-state index contributed by atoms with van der Waals surface area (Å²) in [5.74, 6) is -0.871. The standard InChI is InChI=1S/C12H6F4N2O2/c13-11(14)19-9-2-1-8(3-7(5-17)6-18)10(4-9)20-12(15)16/h1-4,11-12H. The zero-order valence-corrected chi connectivity index (χ0v) is 9.69. The number of halogens is 4. The fourth-order valence-electron chi connectivity index (χ4n) is 1.25. The van der Waals surface area contributed by atoms with Gasteiger partial charge in [-0.3, -0.25) is 0 Å². The summed E-state index contributed by atoms with van der Waals surface area (Å²) >= 11 is 0. The Bertz CT molecular complexity index is 572. The topological polar surface area (TPSA) is 66.0 Å². The lowest BCUT2D eigenvalue weighted by Gasteiger charge is -2.11. The van der Waals surface area contributed by atoms with Gasteiger partial charge in [-0.15, -0.1) is 0 Å². The molecule has 1 aromatic rings. The highest BCUT2D eigenvalue weighted by Gasteiger charge is 2.13. The highest BCUT2D eigenvalue weighted by atomic mass is 19.3. The minimum atomic E-state index is -3.20. The van der Waals surface area contributed by atoms with Crippen molar-refractivity contribution in [1.82, 2.24) is 0 Å².